The highest BCUT2D eigenvalue weighted by Gasteiger charge is 2.57. The molecule has 31 heavy (non-hydrogen) atoms. The zero-order valence-electron chi connectivity index (χ0n) is 17.2. The summed E-state index contributed by atoms with van der Waals surface area (Å²) in [5.41, 5.74) is -0.635. The van der Waals surface area contributed by atoms with Crippen LogP contribution in [0.5, 0.6) is 0 Å². The van der Waals surface area contributed by atoms with Crippen molar-refractivity contribution in [2.24, 2.45) is 0 Å². The number of hydrogen-bond donors (Lipinski definition) is 4. The van der Waals surface area contributed by atoms with E-state index >= 15 is 0 Å². The quantitative estimate of drug-likeness (QED) is 0.467. The fourth-order valence-electron chi connectivity index (χ4n) is 4.04. The molecule has 9 nitrogen and oxygen atoms in total. The maximum absolute atomic E-state index is 13.0. The molecule has 1 heterocycles. The average Bonchev–Trinajstić information content (AvgIpc) is 3.03. The Morgan fingerprint density at radius 3 is 2.58 bits per heavy atom. The molecule has 1 spiro atoms. The van der Waals surface area contributed by atoms with Gasteiger partial charge in [-0.05, 0) is 43.5 Å². The Bertz CT molecular complexity index is 991. The van der Waals surface area contributed by atoms with Crippen LogP contribution in [-0.4, -0.2) is 65.7 Å². The van der Waals surface area contributed by atoms with Crippen molar-refractivity contribution in [1.82, 2.24) is 0 Å². The number of anilines is 1. The van der Waals surface area contributed by atoms with Crippen LogP contribution in [0.25, 0.3) is 0 Å². The first kappa shape index (κ1) is 24.0. The molecule has 2 aliphatic rings. The van der Waals surface area contributed by atoms with Crippen LogP contribution in [0.3, 0.4) is 0 Å². The summed E-state index contributed by atoms with van der Waals surface area (Å²) in [6, 6.07) is 4.79. The van der Waals surface area contributed by atoms with E-state index in [0.717, 1.165) is 11.6 Å². The van der Waals surface area contributed by atoms with E-state index in [9.17, 15) is 28.5 Å². The number of nitrogens with one attached hydrogen (secondary N) is 1. The van der Waals surface area contributed by atoms with E-state index in [-0.39, 0.29) is 23.6 Å². The Labute approximate surface area is 185 Å². The number of carboxylic acid groups (broad SMARTS) is 1. The van der Waals surface area contributed by atoms with Gasteiger partial charge in [0, 0.05) is 6.42 Å². The third-order valence-electron chi connectivity index (χ3n) is 5.81. The van der Waals surface area contributed by atoms with Crippen LogP contribution >= 0.6 is 11.6 Å². The van der Waals surface area contributed by atoms with Crippen molar-refractivity contribution in [2.45, 2.75) is 55.9 Å². The Balaban J connectivity index is 1.95. The Hall–Kier alpha value is -1.69. The van der Waals surface area contributed by atoms with Crippen molar-refractivity contribution in [3.05, 3.63) is 40.4 Å². The molecule has 1 aromatic rings. The number of aliphatic carboxylic acids is 1. The van der Waals surface area contributed by atoms with Gasteiger partial charge in [0.25, 0.3) is 0 Å². The number of carboxylic acids is 1. The van der Waals surface area contributed by atoms with Gasteiger partial charge in [0.2, 0.25) is 10.0 Å². The lowest BCUT2D eigenvalue weighted by Crippen LogP contribution is -2.46. The van der Waals surface area contributed by atoms with E-state index in [4.69, 9.17) is 21.1 Å². The molecule has 1 fully saturated rings. The summed E-state index contributed by atoms with van der Waals surface area (Å²) in [6.45, 7) is 2.66. The molecule has 0 amide bonds. The monoisotopic (exact) mass is 475 g/mol. The number of carbonyl (C=O) groups is 1. The third kappa shape index (κ3) is 4.46. The predicted octanol–water partition coefficient (Wildman–Crippen LogP) is 1.81. The van der Waals surface area contributed by atoms with Crippen LogP contribution in [0.1, 0.15) is 31.7 Å². The first-order chi connectivity index (χ1) is 14.5. The molecule has 2 unspecified atom stereocenters. The second-order valence-electron chi connectivity index (χ2n) is 7.84. The average molecular weight is 476 g/mol. The van der Waals surface area contributed by atoms with E-state index in [1.807, 2.05) is 0 Å². The van der Waals surface area contributed by atoms with E-state index in [1.165, 1.54) is 6.07 Å². The summed E-state index contributed by atoms with van der Waals surface area (Å²) in [7, 11) is -4.16. The van der Waals surface area contributed by atoms with Gasteiger partial charge in [-0.1, -0.05) is 24.6 Å². The Morgan fingerprint density at radius 2 is 2.06 bits per heavy atom. The van der Waals surface area contributed by atoms with Crippen molar-refractivity contribution < 1.29 is 38.0 Å². The topological polar surface area (TPSA) is 142 Å². The molecule has 172 valence electrons. The third-order valence-corrected chi connectivity index (χ3v) is 7.87. The summed E-state index contributed by atoms with van der Waals surface area (Å²) in [4.78, 5) is 12.0. The van der Waals surface area contributed by atoms with Crippen LogP contribution in [-0.2, 0) is 24.3 Å². The van der Waals surface area contributed by atoms with Crippen molar-refractivity contribution >= 4 is 33.3 Å². The van der Waals surface area contributed by atoms with Gasteiger partial charge < -0.3 is 24.8 Å². The smallest absolute Gasteiger partial charge is 0.332 e. The summed E-state index contributed by atoms with van der Waals surface area (Å²) < 4.78 is 40.2. The highest BCUT2D eigenvalue weighted by molar-refractivity contribution is 7.93. The molecule has 1 aliphatic heterocycles. The van der Waals surface area contributed by atoms with Crippen molar-refractivity contribution in [2.75, 3.05) is 17.9 Å². The van der Waals surface area contributed by atoms with Gasteiger partial charge in [0.15, 0.2) is 5.79 Å². The summed E-state index contributed by atoms with van der Waals surface area (Å²) in [5.74, 6) is -2.98. The van der Waals surface area contributed by atoms with Crippen LogP contribution in [0.4, 0.5) is 5.69 Å². The lowest BCUT2D eigenvalue weighted by molar-refractivity contribution is -0.171. The number of ether oxygens (including phenoxy) is 2. The first-order valence-corrected chi connectivity index (χ1v) is 11.8. The highest BCUT2D eigenvalue weighted by Crippen LogP contribution is 2.46. The molecule has 0 bridgehead atoms. The maximum Gasteiger partial charge on any atom is 0.332 e. The normalized spacial score (nSPS) is 30.9. The fraction of sp³-hybridized carbons (Fsp3) is 0.550. The van der Waals surface area contributed by atoms with E-state index in [0.29, 0.717) is 6.42 Å². The van der Waals surface area contributed by atoms with E-state index in [2.05, 4.69) is 4.72 Å². The molecular weight excluding hydrogens is 450 g/mol. The number of aryl methyl sites for hydroxylation is 1. The molecule has 0 aromatic heterocycles. The van der Waals surface area contributed by atoms with Gasteiger partial charge >= 0.3 is 5.97 Å². The molecule has 0 radical (unpaired) electrons. The largest absolute Gasteiger partial charge is 0.478 e. The molecule has 4 atom stereocenters. The fourth-order valence-corrected chi connectivity index (χ4v) is 5.94. The number of benzene rings is 1. The van der Waals surface area contributed by atoms with Gasteiger partial charge in [-0.25, -0.2) is 13.2 Å². The van der Waals surface area contributed by atoms with E-state index in [1.54, 1.807) is 26.0 Å². The summed E-state index contributed by atoms with van der Waals surface area (Å²) >= 11 is 6.12. The second-order valence-corrected chi connectivity index (χ2v) is 10.1. The molecule has 1 aromatic carbocycles. The van der Waals surface area contributed by atoms with Crippen LogP contribution in [0.2, 0.25) is 5.02 Å². The molecule has 4 N–H and O–H groups in total. The van der Waals surface area contributed by atoms with Gasteiger partial charge in [-0.2, -0.15) is 0 Å². The number of rotatable bonds is 7. The van der Waals surface area contributed by atoms with E-state index < -0.39 is 57.5 Å². The lowest BCUT2D eigenvalue weighted by atomic mass is 9.93. The van der Waals surface area contributed by atoms with Crippen molar-refractivity contribution in [3.63, 3.8) is 0 Å². The number of aliphatic hydroxyl groups is 2. The zero-order chi connectivity index (χ0) is 23.0. The minimum absolute atomic E-state index is 0.0231. The minimum atomic E-state index is -4.16. The van der Waals surface area contributed by atoms with Crippen LogP contribution in [0.15, 0.2) is 29.8 Å². The molecule has 11 heteroatoms. The summed E-state index contributed by atoms with van der Waals surface area (Å²) in [6.07, 6.45) is 0.471. The SMILES string of the molecule is CC[C@]1(CO)OC2(C=C(C(=O)O)C(S(=O)(=O)Nc3ccc(C)cc3Cl)CC2)O[C@@H]1CO. The first-order valence-electron chi connectivity index (χ1n) is 9.85. The number of hydrogen-bond acceptors (Lipinski definition) is 7. The van der Waals surface area contributed by atoms with Gasteiger partial charge in [-0.3, -0.25) is 4.72 Å². The van der Waals surface area contributed by atoms with Crippen molar-refractivity contribution in [1.29, 1.82) is 0 Å². The second kappa shape index (κ2) is 8.68. The molecule has 1 aliphatic carbocycles. The Morgan fingerprint density at radius 1 is 1.35 bits per heavy atom. The lowest BCUT2D eigenvalue weighted by Gasteiger charge is -2.34. The maximum atomic E-state index is 13.0. The predicted molar refractivity (Wildman–Crippen MR) is 113 cm³/mol. The van der Waals surface area contributed by atoms with Gasteiger partial charge in [-0.15, -0.1) is 0 Å². The molecule has 0 saturated carbocycles. The van der Waals surface area contributed by atoms with Gasteiger partial charge in [0.05, 0.1) is 29.5 Å². The van der Waals surface area contributed by atoms with Gasteiger partial charge in [0.1, 0.15) is 17.0 Å². The minimum Gasteiger partial charge on any atom is -0.478 e. The van der Waals surface area contributed by atoms with Crippen molar-refractivity contribution in [3.8, 4) is 0 Å². The van der Waals surface area contributed by atoms with Crippen LogP contribution in [0, 0.1) is 6.92 Å². The van der Waals surface area contributed by atoms with Crippen LogP contribution < -0.4 is 4.72 Å². The standard InChI is InChI=1S/C20H26ClNO8S/c1-3-19(11-24)17(10-23)29-20(30-19)7-6-16(13(9-20)18(25)26)31(27,28)22-15-5-4-12(2)8-14(15)21/h4-5,8-9,16-17,22-24H,3,6-7,10-11H2,1-2H3,(H,25,26)/t16?,17-,19-,20?/m1/s1. The zero-order valence-corrected chi connectivity index (χ0v) is 18.7. The number of aliphatic hydroxyl groups excluding tert-OH is 2. The molecule has 3 rings (SSSR count). The number of halogens is 1. The molecule has 1 saturated heterocycles. The molecular formula is C20H26ClNO8S. The highest BCUT2D eigenvalue weighted by atomic mass is 35.5. The Kier molecular flexibility index (Phi) is 6.71. The summed E-state index contributed by atoms with van der Waals surface area (Å²) in [5, 5.41) is 28.1. The number of sulfonamides is 1.